The molecule has 0 aromatic heterocycles. The molecule has 3 N–H and O–H groups in total. The van der Waals surface area contributed by atoms with Crippen LogP contribution in [0.5, 0.6) is 0 Å². The number of halogens is 1. The molecule has 2 nitrogen and oxygen atoms in total. The molecule has 0 aliphatic carbocycles. The van der Waals surface area contributed by atoms with E-state index in [1.54, 1.807) is 0 Å². The molecular formula is C14H14BrN2+. The highest BCUT2D eigenvalue weighted by molar-refractivity contribution is 9.10. The Morgan fingerprint density at radius 1 is 1.00 bits per heavy atom. The molecule has 2 aromatic rings. The Hall–Kier alpha value is -1.61. The van der Waals surface area contributed by atoms with Crippen LogP contribution in [-0.4, -0.2) is 5.84 Å². The van der Waals surface area contributed by atoms with Gasteiger partial charge >= 0.3 is 0 Å². The molecule has 0 radical (unpaired) electrons. The number of benzene rings is 2. The van der Waals surface area contributed by atoms with Gasteiger partial charge in [0.1, 0.15) is 6.54 Å². The second-order valence-corrected chi connectivity index (χ2v) is 4.68. The number of nitrogens with one attached hydrogen (secondary N) is 1. The van der Waals surface area contributed by atoms with Crippen LogP contribution in [0.2, 0.25) is 0 Å². The number of nitrogen functional groups attached to an aromatic ring is 1. The van der Waals surface area contributed by atoms with Crippen LogP contribution < -0.4 is 10.7 Å². The van der Waals surface area contributed by atoms with Crippen molar-refractivity contribution in [1.29, 1.82) is 0 Å². The van der Waals surface area contributed by atoms with Crippen molar-refractivity contribution in [3.05, 3.63) is 70.2 Å². The van der Waals surface area contributed by atoms with E-state index in [0.717, 1.165) is 16.6 Å². The van der Waals surface area contributed by atoms with Crippen LogP contribution in [0.25, 0.3) is 0 Å². The number of nitrogens with two attached hydrogens (primary N) is 1. The zero-order valence-corrected chi connectivity index (χ0v) is 10.9. The summed E-state index contributed by atoms with van der Waals surface area (Å²) in [4.78, 5) is 3.21. The fourth-order valence-corrected chi connectivity index (χ4v) is 1.79. The Morgan fingerprint density at radius 2 is 1.65 bits per heavy atom. The number of amidine groups is 1. The molecule has 0 saturated heterocycles. The zero-order valence-electron chi connectivity index (χ0n) is 9.36. The van der Waals surface area contributed by atoms with Gasteiger partial charge in [0.05, 0.1) is 5.56 Å². The molecule has 86 valence electrons. The van der Waals surface area contributed by atoms with Gasteiger partial charge in [-0.25, -0.2) is 0 Å². The third-order valence-corrected chi connectivity index (χ3v) is 3.01. The smallest absolute Gasteiger partial charge is 0.273 e. The van der Waals surface area contributed by atoms with Gasteiger partial charge in [-0.15, -0.1) is 0 Å². The molecule has 0 bridgehead atoms. The highest BCUT2D eigenvalue weighted by Gasteiger charge is 2.03. The highest BCUT2D eigenvalue weighted by atomic mass is 79.9. The lowest BCUT2D eigenvalue weighted by Crippen LogP contribution is -2.74. The molecule has 3 heteroatoms. The first kappa shape index (κ1) is 11.9. The average molecular weight is 290 g/mol. The molecule has 0 atom stereocenters. The van der Waals surface area contributed by atoms with Crippen LogP contribution in [0, 0.1) is 0 Å². The average Bonchev–Trinajstić information content (AvgIpc) is 2.38. The van der Waals surface area contributed by atoms with Gasteiger partial charge in [0.15, 0.2) is 0 Å². The second-order valence-electron chi connectivity index (χ2n) is 3.76. The van der Waals surface area contributed by atoms with E-state index in [4.69, 9.17) is 5.73 Å². The summed E-state index contributed by atoms with van der Waals surface area (Å²) in [6.07, 6.45) is 0. The summed E-state index contributed by atoms with van der Waals surface area (Å²) < 4.78 is 1.05. The van der Waals surface area contributed by atoms with Crippen molar-refractivity contribution in [1.82, 2.24) is 0 Å². The van der Waals surface area contributed by atoms with Gasteiger partial charge in [0.2, 0.25) is 0 Å². The normalized spacial score (nSPS) is 11.5. The molecule has 0 amide bonds. The maximum absolute atomic E-state index is 5.98. The topological polar surface area (TPSA) is 40.0 Å². The molecule has 0 aliphatic rings. The highest BCUT2D eigenvalue weighted by Crippen LogP contribution is 2.09. The first-order valence-corrected chi connectivity index (χ1v) is 6.21. The molecule has 0 aliphatic heterocycles. The van der Waals surface area contributed by atoms with Gasteiger partial charge in [0, 0.05) is 4.47 Å². The van der Waals surface area contributed by atoms with E-state index in [1.165, 1.54) is 5.56 Å². The summed E-state index contributed by atoms with van der Waals surface area (Å²) in [5.74, 6) is 0.696. The Balaban J connectivity index is 2.10. The Morgan fingerprint density at radius 3 is 2.29 bits per heavy atom. The summed E-state index contributed by atoms with van der Waals surface area (Å²) in [6.45, 7) is 0.739. The largest absolute Gasteiger partial charge is 0.287 e. The van der Waals surface area contributed by atoms with Crippen LogP contribution in [0.4, 0.5) is 0 Å². The number of hydrogen-bond donors (Lipinski definition) is 2. The number of hydrogen-bond acceptors (Lipinski definition) is 0. The first-order chi connectivity index (χ1) is 8.25. The molecule has 0 saturated carbocycles. The first-order valence-electron chi connectivity index (χ1n) is 5.42. The fraction of sp³-hybridized carbons (Fsp3) is 0.0714. The fourth-order valence-electron chi connectivity index (χ4n) is 1.52. The van der Waals surface area contributed by atoms with Crippen LogP contribution in [0.1, 0.15) is 11.1 Å². The minimum absolute atomic E-state index is 0.696. The van der Waals surface area contributed by atoms with Crippen molar-refractivity contribution in [3.8, 4) is 0 Å². The third kappa shape index (κ3) is 3.43. The summed E-state index contributed by atoms with van der Waals surface area (Å²) >= 11 is 3.40. The van der Waals surface area contributed by atoms with Crippen molar-refractivity contribution in [2.24, 2.45) is 5.73 Å². The van der Waals surface area contributed by atoms with E-state index >= 15 is 0 Å². The number of rotatable bonds is 3. The Bertz CT molecular complexity index is 504. The summed E-state index contributed by atoms with van der Waals surface area (Å²) in [7, 11) is 0. The lowest BCUT2D eigenvalue weighted by atomic mass is 10.2. The van der Waals surface area contributed by atoms with E-state index in [1.807, 2.05) is 42.5 Å². The van der Waals surface area contributed by atoms with Crippen molar-refractivity contribution < 1.29 is 4.99 Å². The quantitative estimate of drug-likeness (QED) is 0.651. The van der Waals surface area contributed by atoms with E-state index < -0.39 is 0 Å². The van der Waals surface area contributed by atoms with Crippen molar-refractivity contribution in [2.75, 3.05) is 0 Å². The predicted molar refractivity (Wildman–Crippen MR) is 73.5 cm³/mol. The Labute approximate surface area is 109 Å². The SMILES string of the molecule is NC(=[NH+]Cc1ccccc1)c1ccc(Br)cc1. The van der Waals surface area contributed by atoms with E-state index in [2.05, 4.69) is 33.1 Å². The van der Waals surface area contributed by atoms with Crippen molar-refractivity contribution >= 4 is 21.8 Å². The molecule has 17 heavy (non-hydrogen) atoms. The van der Waals surface area contributed by atoms with Gasteiger partial charge in [-0.2, -0.15) is 0 Å². The van der Waals surface area contributed by atoms with Gasteiger partial charge < -0.3 is 0 Å². The van der Waals surface area contributed by atoms with Crippen LogP contribution >= 0.6 is 15.9 Å². The molecule has 0 fully saturated rings. The van der Waals surface area contributed by atoms with Crippen LogP contribution in [0.3, 0.4) is 0 Å². The van der Waals surface area contributed by atoms with E-state index in [0.29, 0.717) is 5.84 Å². The minimum Gasteiger partial charge on any atom is -0.287 e. The van der Waals surface area contributed by atoms with Gasteiger partial charge in [-0.05, 0) is 29.8 Å². The Kier molecular flexibility index (Phi) is 3.94. The predicted octanol–water partition coefficient (Wildman–Crippen LogP) is 1.44. The van der Waals surface area contributed by atoms with E-state index in [9.17, 15) is 0 Å². The molecule has 2 rings (SSSR count). The van der Waals surface area contributed by atoms with Gasteiger partial charge in [-0.1, -0.05) is 46.3 Å². The monoisotopic (exact) mass is 289 g/mol. The maximum Gasteiger partial charge on any atom is 0.273 e. The molecule has 0 unspecified atom stereocenters. The van der Waals surface area contributed by atoms with Gasteiger partial charge in [0.25, 0.3) is 5.84 Å². The lowest BCUT2D eigenvalue weighted by molar-refractivity contribution is -0.475. The third-order valence-electron chi connectivity index (χ3n) is 2.48. The van der Waals surface area contributed by atoms with Crippen molar-refractivity contribution in [2.45, 2.75) is 6.54 Å². The van der Waals surface area contributed by atoms with Crippen LogP contribution in [-0.2, 0) is 6.54 Å². The van der Waals surface area contributed by atoms with E-state index in [-0.39, 0.29) is 0 Å². The maximum atomic E-state index is 5.98. The van der Waals surface area contributed by atoms with Gasteiger partial charge in [-0.3, -0.25) is 10.7 Å². The summed E-state index contributed by atoms with van der Waals surface area (Å²) in [5, 5.41) is 0. The second kappa shape index (κ2) is 5.64. The lowest BCUT2D eigenvalue weighted by Gasteiger charge is -1.97. The molecular weight excluding hydrogens is 276 g/mol. The van der Waals surface area contributed by atoms with Crippen molar-refractivity contribution in [3.63, 3.8) is 0 Å². The van der Waals surface area contributed by atoms with Crippen LogP contribution in [0.15, 0.2) is 59.1 Å². The zero-order chi connectivity index (χ0) is 12.1. The summed E-state index contributed by atoms with van der Waals surface area (Å²) in [6, 6.07) is 18.1. The minimum atomic E-state index is 0.696. The molecule has 2 aromatic carbocycles. The molecule has 0 spiro atoms. The molecule has 0 heterocycles. The standard InChI is InChI=1S/C14H13BrN2/c15-13-8-6-12(7-9-13)14(16)17-10-11-4-2-1-3-5-11/h1-9H,10H2,(H2,16,17)/p+1. The summed E-state index contributed by atoms with van der Waals surface area (Å²) in [5.41, 5.74) is 8.20.